The van der Waals surface area contributed by atoms with Crippen LogP contribution in [0.25, 0.3) is 10.6 Å². The highest BCUT2D eigenvalue weighted by Crippen LogP contribution is 2.37. The van der Waals surface area contributed by atoms with Crippen LogP contribution < -0.4 is 20.1 Å². The fraction of sp³-hybridized carbons (Fsp3) is 0.273. The van der Waals surface area contributed by atoms with Gasteiger partial charge in [-0.15, -0.1) is 10.2 Å². The largest absolute Gasteiger partial charge is 0.454 e. The fourth-order valence-electron chi connectivity index (χ4n) is 3.77. The number of rotatable bonds is 5. The third kappa shape index (κ3) is 4.22. The summed E-state index contributed by atoms with van der Waals surface area (Å²) in [6.07, 6.45) is 1.38. The molecule has 1 atom stereocenters. The molecule has 0 bridgehead atoms. The molecule has 3 amide bonds. The Morgan fingerprint density at radius 3 is 2.81 bits per heavy atom. The summed E-state index contributed by atoms with van der Waals surface area (Å²) in [4.78, 5) is 27.1. The number of amides is 3. The van der Waals surface area contributed by atoms with E-state index in [2.05, 4.69) is 20.8 Å². The Hall–Kier alpha value is -3.66. The van der Waals surface area contributed by atoms with Crippen LogP contribution in [-0.2, 0) is 11.3 Å². The Balaban J connectivity index is 1.21. The summed E-state index contributed by atoms with van der Waals surface area (Å²) in [5.41, 5.74) is 1.83. The van der Waals surface area contributed by atoms with Crippen molar-refractivity contribution in [1.29, 1.82) is 0 Å². The van der Waals surface area contributed by atoms with Crippen LogP contribution in [0.3, 0.4) is 0 Å². The molecule has 2 aliphatic rings. The molecule has 1 fully saturated rings. The van der Waals surface area contributed by atoms with Gasteiger partial charge in [0.25, 0.3) is 0 Å². The lowest BCUT2D eigenvalue weighted by atomic mass is 10.2. The number of hydrogen-bond acceptors (Lipinski definition) is 7. The molecule has 0 radical (unpaired) electrons. The highest BCUT2D eigenvalue weighted by molar-refractivity contribution is 7.18. The summed E-state index contributed by atoms with van der Waals surface area (Å²) in [5, 5.41) is 15.0. The molecule has 9 nitrogen and oxygen atoms in total. The summed E-state index contributed by atoms with van der Waals surface area (Å²) in [6.45, 7) is 1.16. The number of likely N-dealkylation sites (tertiary alicyclic amines) is 1. The Labute approximate surface area is 188 Å². The summed E-state index contributed by atoms with van der Waals surface area (Å²) in [7, 11) is 0. The second kappa shape index (κ2) is 8.83. The lowest BCUT2D eigenvalue weighted by molar-refractivity contribution is -0.119. The summed E-state index contributed by atoms with van der Waals surface area (Å²) < 4.78 is 10.7. The number of fused-ring (bicyclic) bond motifs is 1. The third-order valence-electron chi connectivity index (χ3n) is 5.38. The van der Waals surface area contributed by atoms with Crippen molar-refractivity contribution < 1.29 is 19.1 Å². The Kier molecular flexibility index (Phi) is 5.59. The van der Waals surface area contributed by atoms with Crippen LogP contribution in [0, 0.1) is 0 Å². The first-order valence-electron chi connectivity index (χ1n) is 10.3. The average Bonchev–Trinajstić information content (AvgIpc) is 3.58. The molecule has 0 spiro atoms. The van der Waals surface area contributed by atoms with Crippen LogP contribution in [0.2, 0.25) is 0 Å². The smallest absolute Gasteiger partial charge is 0.318 e. The van der Waals surface area contributed by atoms with Gasteiger partial charge in [0.15, 0.2) is 11.5 Å². The van der Waals surface area contributed by atoms with E-state index in [1.807, 2.05) is 48.5 Å². The Bertz CT molecular complexity index is 1140. The van der Waals surface area contributed by atoms with Gasteiger partial charge in [-0.1, -0.05) is 41.7 Å². The number of nitrogens with zero attached hydrogens (tertiary/aromatic N) is 3. The molecule has 32 heavy (non-hydrogen) atoms. The van der Waals surface area contributed by atoms with E-state index in [9.17, 15) is 9.59 Å². The van der Waals surface area contributed by atoms with Crippen LogP contribution in [0.1, 0.15) is 18.4 Å². The van der Waals surface area contributed by atoms with Crippen molar-refractivity contribution in [3.8, 4) is 22.1 Å². The van der Waals surface area contributed by atoms with Gasteiger partial charge in [0, 0.05) is 18.7 Å². The van der Waals surface area contributed by atoms with Crippen molar-refractivity contribution in [2.75, 3.05) is 18.7 Å². The van der Waals surface area contributed by atoms with Crippen molar-refractivity contribution in [2.45, 2.75) is 25.4 Å². The van der Waals surface area contributed by atoms with Crippen LogP contribution in [-0.4, -0.2) is 46.4 Å². The van der Waals surface area contributed by atoms with Crippen LogP contribution in [0.4, 0.5) is 9.93 Å². The molecule has 0 saturated carbocycles. The number of aromatic nitrogens is 2. The first-order chi connectivity index (χ1) is 15.7. The number of urea groups is 1. The minimum atomic E-state index is -0.538. The predicted molar refractivity (Wildman–Crippen MR) is 119 cm³/mol. The standard InChI is InChI=1S/C22H21N5O4S/c28-19(16-7-4-10-27(16)22(29)23-12-14-5-2-1-3-6-14)24-21-26-25-20(32-21)15-8-9-17-18(11-15)31-13-30-17/h1-3,5-6,8-9,11,16H,4,7,10,12-13H2,(H,23,29)(H,24,26,28). The van der Waals surface area contributed by atoms with Gasteiger partial charge in [-0.25, -0.2) is 4.79 Å². The minimum absolute atomic E-state index is 0.201. The van der Waals surface area contributed by atoms with Crippen molar-refractivity contribution in [3.63, 3.8) is 0 Å². The monoisotopic (exact) mass is 451 g/mol. The third-order valence-corrected chi connectivity index (χ3v) is 6.27. The van der Waals surface area contributed by atoms with Crippen molar-refractivity contribution >= 4 is 28.4 Å². The number of nitrogens with one attached hydrogen (secondary N) is 2. The Morgan fingerprint density at radius 1 is 1.09 bits per heavy atom. The van der Waals surface area contributed by atoms with Gasteiger partial charge in [-0.3, -0.25) is 10.1 Å². The summed E-state index contributed by atoms with van der Waals surface area (Å²) >= 11 is 1.27. The minimum Gasteiger partial charge on any atom is -0.454 e. The molecule has 164 valence electrons. The fourth-order valence-corrected chi connectivity index (χ4v) is 4.51. The van der Waals surface area contributed by atoms with E-state index in [0.717, 1.165) is 17.5 Å². The molecule has 2 aromatic carbocycles. The highest BCUT2D eigenvalue weighted by atomic mass is 32.1. The predicted octanol–water partition coefficient (Wildman–Crippen LogP) is 3.25. The highest BCUT2D eigenvalue weighted by Gasteiger charge is 2.34. The second-order valence-electron chi connectivity index (χ2n) is 7.47. The van der Waals surface area contributed by atoms with Crippen molar-refractivity contribution in [2.24, 2.45) is 0 Å². The Morgan fingerprint density at radius 2 is 1.94 bits per heavy atom. The number of carbonyl (C=O) groups is 2. The van der Waals surface area contributed by atoms with E-state index < -0.39 is 6.04 Å². The number of benzene rings is 2. The number of ether oxygens (including phenoxy) is 2. The lowest BCUT2D eigenvalue weighted by Gasteiger charge is -2.23. The molecule has 3 heterocycles. The van der Waals surface area contributed by atoms with E-state index in [-0.39, 0.29) is 18.7 Å². The molecular weight excluding hydrogens is 430 g/mol. The molecule has 10 heteroatoms. The van der Waals surface area contributed by atoms with Crippen LogP contribution in [0.15, 0.2) is 48.5 Å². The molecule has 1 saturated heterocycles. The van der Waals surface area contributed by atoms with Crippen molar-refractivity contribution in [3.05, 3.63) is 54.1 Å². The van der Waals surface area contributed by atoms with Gasteiger partial charge in [0.1, 0.15) is 11.0 Å². The number of carbonyl (C=O) groups excluding carboxylic acids is 2. The molecule has 3 aromatic rings. The topological polar surface area (TPSA) is 106 Å². The van der Waals surface area contributed by atoms with E-state index in [0.29, 0.717) is 41.1 Å². The molecule has 2 aliphatic heterocycles. The van der Waals surface area contributed by atoms with Crippen molar-refractivity contribution in [1.82, 2.24) is 20.4 Å². The van der Waals surface area contributed by atoms with Gasteiger partial charge in [0.2, 0.25) is 17.8 Å². The zero-order chi connectivity index (χ0) is 21.9. The van der Waals surface area contributed by atoms with E-state index in [1.165, 1.54) is 11.3 Å². The zero-order valence-corrected chi connectivity index (χ0v) is 17.9. The van der Waals surface area contributed by atoms with Gasteiger partial charge >= 0.3 is 6.03 Å². The molecule has 1 aromatic heterocycles. The summed E-state index contributed by atoms with van der Waals surface area (Å²) in [5.74, 6) is 1.09. The first kappa shape index (κ1) is 20.3. The van der Waals surface area contributed by atoms with E-state index >= 15 is 0 Å². The number of hydrogen-bond donors (Lipinski definition) is 2. The van der Waals surface area contributed by atoms with Gasteiger partial charge in [0.05, 0.1) is 0 Å². The molecular formula is C22H21N5O4S. The van der Waals surface area contributed by atoms with Gasteiger partial charge in [-0.05, 0) is 36.6 Å². The van der Waals surface area contributed by atoms with E-state index in [4.69, 9.17) is 9.47 Å². The van der Waals surface area contributed by atoms with E-state index in [1.54, 1.807) is 4.90 Å². The van der Waals surface area contributed by atoms with Crippen LogP contribution >= 0.6 is 11.3 Å². The normalized spacial score (nSPS) is 16.8. The van der Waals surface area contributed by atoms with Gasteiger partial charge in [-0.2, -0.15) is 0 Å². The molecule has 1 unspecified atom stereocenters. The quantitative estimate of drug-likeness (QED) is 0.617. The average molecular weight is 452 g/mol. The zero-order valence-electron chi connectivity index (χ0n) is 17.1. The first-order valence-corrected chi connectivity index (χ1v) is 11.1. The molecule has 2 N–H and O–H groups in total. The molecule has 5 rings (SSSR count). The lowest BCUT2D eigenvalue weighted by Crippen LogP contribution is -2.47. The maximum absolute atomic E-state index is 12.9. The molecule has 0 aliphatic carbocycles. The van der Waals surface area contributed by atoms with Gasteiger partial charge < -0.3 is 19.7 Å². The number of anilines is 1. The maximum atomic E-state index is 12.9. The maximum Gasteiger partial charge on any atom is 0.318 e. The SMILES string of the molecule is O=C(Nc1nnc(-c2ccc3c(c2)OCO3)s1)C1CCCN1C(=O)NCc1ccccc1. The second-order valence-corrected chi connectivity index (χ2v) is 8.44. The van der Waals surface area contributed by atoms with Crippen LogP contribution in [0.5, 0.6) is 11.5 Å². The summed E-state index contributed by atoms with van der Waals surface area (Å²) in [6, 6.07) is 14.4.